The van der Waals surface area contributed by atoms with Crippen molar-refractivity contribution in [1.82, 2.24) is 15.5 Å². The van der Waals surface area contributed by atoms with E-state index in [0.29, 0.717) is 24.8 Å². The number of imide groups is 1. The second-order valence-corrected chi connectivity index (χ2v) is 7.96. The lowest BCUT2D eigenvalue weighted by molar-refractivity contribution is -0.136. The van der Waals surface area contributed by atoms with Gasteiger partial charge in [0.1, 0.15) is 6.04 Å². The second-order valence-electron chi connectivity index (χ2n) is 7.96. The van der Waals surface area contributed by atoms with Crippen molar-refractivity contribution in [3.8, 4) is 0 Å². The zero-order valence-corrected chi connectivity index (χ0v) is 14.1. The number of nitrogens with one attached hydrogen (secondary N) is 2. The summed E-state index contributed by atoms with van der Waals surface area (Å²) in [7, 11) is 0. The van der Waals surface area contributed by atoms with Crippen molar-refractivity contribution in [1.29, 1.82) is 0 Å². The maximum atomic E-state index is 12.9. The number of carbonyl (C=O) groups excluding carboxylic acids is 3. The number of amides is 3. The molecule has 0 aromatic heterocycles. The standard InChI is InChI=1S/C19H21N3O3/c23-16-2-1-15(17(24)21-16)22-9-13-5-11-7-19(3-4-20-10-19)8-12(11)6-14(13)18(22)25/h5-6,15,20H,1-4,7-10H2,(H,21,23,24)/t15?,19-/m1/s1. The van der Waals surface area contributed by atoms with Crippen molar-refractivity contribution in [3.63, 3.8) is 0 Å². The molecule has 2 atom stereocenters. The SMILES string of the molecule is O=C1CCC(N2Cc3cc4c(cc3C2=O)C[C@@]2(CCNC2)C4)C(=O)N1. The summed E-state index contributed by atoms with van der Waals surface area (Å²) in [6.45, 7) is 2.61. The van der Waals surface area contributed by atoms with Gasteiger partial charge in [-0.25, -0.2) is 0 Å². The summed E-state index contributed by atoms with van der Waals surface area (Å²) < 4.78 is 0. The number of hydrogen-bond acceptors (Lipinski definition) is 4. The normalized spacial score (nSPS) is 30.8. The van der Waals surface area contributed by atoms with Crippen LogP contribution in [-0.4, -0.2) is 41.8 Å². The average Bonchev–Trinajstić information content (AvgIpc) is 3.25. The van der Waals surface area contributed by atoms with E-state index >= 15 is 0 Å². The van der Waals surface area contributed by atoms with Gasteiger partial charge in [-0.05, 0) is 60.4 Å². The van der Waals surface area contributed by atoms with Crippen molar-refractivity contribution in [2.75, 3.05) is 13.1 Å². The molecule has 5 rings (SSSR count). The van der Waals surface area contributed by atoms with E-state index in [1.54, 1.807) is 4.90 Å². The fourth-order valence-electron chi connectivity index (χ4n) is 5.01. The molecule has 25 heavy (non-hydrogen) atoms. The number of carbonyl (C=O) groups is 3. The highest BCUT2D eigenvalue weighted by atomic mass is 16.2. The Kier molecular flexibility index (Phi) is 3.10. The van der Waals surface area contributed by atoms with Gasteiger partial charge < -0.3 is 10.2 Å². The smallest absolute Gasteiger partial charge is 0.255 e. The number of rotatable bonds is 1. The molecule has 1 spiro atoms. The van der Waals surface area contributed by atoms with Crippen LogP contribution in [0, 0.1) is 5.41 Å². The maximum absolute atomic E-state index is 12.9. The molecule has 1 aromatic carbocycles. The summed E-state index contributed by atoms with van der Waals surface area (Å²) in [5.74, 6) is -0.668. The molecule has 2 N–H and O–H groups in total. The van der Waals surface area contributed by atoms with Gasteiger partial charge in [-0.2, -0.15) is 0 Å². The van der Waals surface area contributed by atoms with Crippen molar-refractivity contribution < 1.29 is 14.4 Å². The van der Waals surface area contributed by atoms with Gasteiger partial charge in [0.05, 0.1) is 0 Å². The number of piperidine rings is 1. The Labute approximate surface area is 145 Å². The van der Waals surface area contributed by atoms with E-state index in [-0.39, 0.29) is 17.7 Å². The van der Waals surface area contributed by atoms with E-state index in [0.717, 1.165) is 37.1 Å². The third kappa shape index (κ3) is 2.24. The Hall–Kier alpha value is -2.21. The highest BCUT2D eigenvalue weighted by molar-refractivity contribution is 6.05. The van der Waals surface area contributed by atoms with Crippen LogP contribution in [0.5, 0.6) is 0 Å². The van der Waals surface area contributed by atoms with Gasteiger partial charge in [0.25, 0.3) is 5.91 Å². The van der Waals surface area contributed by atoms with E-state index in [1.165, 1.54) is 17.5 Å². The van der Waals surface area contributed by atoms with Crippen LogP contribution in [0.25, 0.3) is 0 Å². The fraction of sp³-hybridized carbons (Fsp3) is 0.526. The number of nitrogens with zero attached hydrogens (tertiary/aromatic N) is 1. The number of hydrogen-bond donors (Lipinski definition) is 2. The highest BCUT2D eigenvalue weighted by Crippen LogP contribution is 2.43. The molecule has 0 bridgehead atoms. The topological polar surface area (TPSA) is 78.5 Å². The molecule has 130 valence electrons. The zero-order valence-electron chi connectivity index (χ0n) is 14.1. The summed E-state index contributed by atoms with van der Waals surface area (Å²) >= 11 is 0. The third-order valence-electron chi connectivity index (χ3n) is 6.31. The first-order chi connectivity index (χ1) is 12.0. The van der Waals surface area contributed by atoms with Crippen LogP contribution in [0.15, 0.2) is 12.1 Å². The Bertz CT molecular complexity index is 810. The van der Waals surface area contributed by atoms with Gasteiger partial charge in [-0.1, -0.05) is 6.07 Å². The molecule has 3 aliphatic heterocycles. The monoisotopic (exact) mass is 339 g/mol. The summed E-state index contributed by atoms with van der Waals surface area (Å²) in [6, 6.07) is 3.71. The van der Waals surface area contributed by atoms with E-state index in [1.807, 2.05) is 0 Å². The average molecular weight is 339 g/mol. The van der Waals surface area contributed by atoms with Crippen molar-refractivity contribution in [3.05, 3.63) is 34.4 Å². The Morgan fingerprint density at radius 2 is 1.88 bits per heavy atom. The highest BCUT2D eigenvalue weighted by Gasteiger charge is 2.43. The van der Waals surface area contributed by atoms with Crippen molar-refractivity contribution in [2.45, 2.75) is 44.7 Å². The minimum absolute atomic E-state index is 0.0715. The summed E-state index contributed by atoms with van der Waals surface area (Å²) in [6.07, 6.45) is 4.02. The van der Waals surface area contributed by atoms with Crippen molar-refractivity contribution in [2.24, 2.45) is 5.41 Å². The van der Waals surface area contributed by atoms with Gasteiger partial charge in [0, 0.05) is 25.1 Å². The first-order valence-corrected chi connectivity index (χ1v) is 9.05. The number of fused-ring (bicyclic) bond motifs is 2. The summed E-state index contributed by atoms with van der Waals surface area (Å²) in [5, 5.41) is 5.82. The van der Waals surface area contributed by atoms with E-state index in [4.69, 9.17) is 0 Å². The molecule has 6 heteroatoms. The maximum Gasteiger partial charge on any atom is 0.255 e. The summed E-state index contributed by atoms with van der Waals surface area (Å²) in [4.78, 5) is 38.0. The van der Waals surface area contributed by atoms with Gasteiger partial charge in [-0.15, -0.1) is 0 Å². The fourth-order valence-corrected chi connectivity index (χ4v) is 5.01. The van der Waals surface area contributed by atoms with Crippen LogP contribution in [0.4, 0.5) is 0 Å². The van der Waals surface area contributed by atoms with E-state index < -0.39 is 6.04 Å². The molecule has 0 saturated carbocycles. The lowest BCUT2D eigenvalue weighted by Gasteiger charge is -2.29. The molecule has 1 aromatic rings. The Morgan fingerprint density at radius 1 is 1.08 bits per heavy atom. The van der Waals surface area contributed by atoms with Crippen LogP contribution >= 0.6 is 0 Å². The summed E-state index contributed by atoms with van der Waals surface area (Å²) in [5.41, 5.74) is 4.76. The quantitative estimate of drug-likeness (QED) is 0.732. The van der Waals surface area contributed by atoms with E-state index in [9.17, 15) is 14.4 Å². The van der Waals surface area contributed by atoms with Gasteiger partial charge in [-0.3, -0.25) is 19.7 Å². The molecule has 2 fully saturated rings. The molecule has 2 saturated heterocycles. The van der Waals surface area contributed by atoms with Crippen LogP contribution in [0.1, 0.15) is 46.3 Å². The van der Waals surface area contributed by atoms with Crippen LogP contribution in [0.2, 0.25) is 0 Å². The first-order valence-electron chi connectivity index (χ1n) is 9.05. The third-order valence-corrected chi connectivity index (χ3v) is 6.31. The lowest BCUT2D eigenvalue weighted by Crippen LogP contribution is -2.52. The molecule has 4 aliphatic rings. The Morgan fingerprint density at radius 3 is 2.60 bits per heavy atom. The van der Waals surface area contributed by atoms with Crippen LogP contribution < -0.4 is 10.6 Å². The first kappa shape index (κ1) is 15.1. The van der Waals surface area contributed by atoms with E-state index in [2.05, 4.69) is 22.8 Å². The van der Waals surface area contributed by atoms with Gasteiger partial charge >= 0.3 is 0 Å². The molecule has 1 unspecified atom stereocenters. The molecule has 0 radical (unpaired) electrons. The van der Waals surface area contributed by atoms with Crippen LogP contribution in [0.3, 0.4) is 0 Å². The predicted octanol–water partition coefficient (Wildman–Crippen LogP) is 0.526. The number of benzene rings is 1. The largest absolute Gasteiger partial charge is 0.322 e. The Balaban J connectivity index is 1.42. The molecule has 3 amide bonds. The van der Waals surface area contributed by atoms with Crippen LogP contribution in [-0.2, 0) is 29.0 Å². The molecule has 3 heterocycles. The van der Waals surface area contributed by atoms with Gasteiger partial charge in [0.2, 0.25) is 11.8 Å². The lowest BCUT2D eigenvalue weighted by atomic mass is 9.84. The predicted molar refractivity (Wildman–Crippen MR) is 89.8 cm³/mol. The minimum atomic E-state index is -0.530. The molecule has 6 nitrogen and oxygen atoms in total. The molecule has 1 aliphatic carbocycles. The minimum Gasteiger partial charge on any atom is -0.322 e. The molecular weight excluding hydrogens is 318 g/mol. The van der Waals surface area contributed by atoms with Crippen molar-refractivity contribution >= 4 is 17.7 Å². The molecular formula is C19H21N3O3. The van der Waals surface area contributed by atoms with Gasteiger partial charge in [0.15, 0.2) is 0 Å². The zero-order chi connectivity index (χ0) is 17.2. The second kappa shape index (κ2) is 5.14.